The van der Waals surface area contributed by atoms with E-state index >= 15 is 0 Å². The van der Waals surface area contributed by atoms with Gasteiger partial charge in [-0.25, -0.2) is 13.2 Å². The van der Waals surface area contributed by atoms with E-state index in [1.54, 1.807) is 0 Å². The minimum atomic E-state index is -3.21. The molecule has 1 N–H and O–H groups in total. The molecule has 0 spiro atoms. The minimum absolute atomic E-state index is 0.0305. The normalized spacial score (nSPS) is 11.1. The van der Waals surface area contributed by atoms with Crippen LogP contribution in [0.4, 0.5) is 11.4 Å². The summed E-state index contributed by atoms with van der Waals surface area (Å²) in [7, 11) is -1.74. The Bertz CT molecular complexity index is 640. The highest BCUT2D eigenvalue weighted by molar-refractivity contribution is 7.90. The first-order chi connectivity index (χ1) is 9.11. The number of nitrogens with zero attached hydrogens (tertiary/aromatic N) is 2. The molecule has 0 bridgehead atoms. The average molecular weight is 302 g/mol. The minimum Gasteiger partial charge on any atom is -0.478 e. The van der Waals surface area contributed by atoms with E-state index in [1.165, 1.54) is 11.9 Å². The van der Waals surface area contributed by atoms with E-state index < -0.39 is 20.7 Å². The first kappa shape index (κ1) is 15.9. The van der Waals surface area contributed by atoms with Gasteiger partial charge < -0.3 is 10.0 Å². The summed E-state index contributed by atoms with van der Waals surface area (Å²) in [5.74, 6) is -1.39. The number of anilines is 1. The van der Waals surface area contributed by atoms with E-state index in [9.17, 15) is 23.3 Å². The summed E-state index contributed by atoms with van der Waals surface area (Å²) in [6.45, 7) is 0.0305. The van der Waals surface area contributed by atoms with Gasteiger partial charge in [-0.1, -0.05) is 0 Å². The van der Waals surface area contributed by atoms with Gasteiger partial charge in [0, 0.05) is 25.9 Å². The van der Waals surface area contributed by atoms with Gasteiger partial charge in [0.2, 0.25) is 0 Å². The number of rotatable bonds is 6. The molecule has 1 aromatic rings. The summed E-state index contributed by atoms with van der Waals surface area (Å²) in [5.41, 5.74) is -0.304. The molecular weight excluding hydrogens is 288 g/mol. The van der Waals surface area contributed by atoms with E-state index in [4.69, 9.17) is 5.11 Å². The third kappa shape index (κ3) is 4.19. The zero-order valence-corrected chi connectivity index (χ0v) is 11.8. The fourth-order valence-electron chi connectivity index (χ4n) is 1.54. The Morgan fingerprint density at radius 3 is 2.50 bits per heavy atom. The summed E-state index contributed by atoms with van der Waals surface area (Å²) in [5, 5.41) is 19.8. The number of sulfone groups is 1. The van der Waals surface area contributed by atoms with Crippen molar-refractivity contribution in [3.05, 3.63) is 33.9 Å². The predicted molar refractivity (Wildman–Crippen MR) is 73.0 cm³/mol. The zero-order chi connectivity index (χ0) is 15.5. The molecule has 1 aromatic carbocycles. The molecule has 0 radical (unpaired) electrons. The molecule has 0 aliphatic heterocycles. The number of hydrogen-bond donors (Lipinski definition) is 1. The van der Waals surface area contributed by atoms with Crippen LogP contribution in [0.3, 0.4) is 0 Å². The second kappa shape index (κ2) is 5.87. The van der Waals surface area contributed by atoms with Crippen molar-refractivity contribution in [1.29, 1.82) is 0 Å². The highest BCUT2D eigenvalue weighted by Gasteiger charge is 2.20. The van der Waals surface area contributed by atoms with Gasteiger partial charge in [0.05, 0.1) is 16.2 Å². The van der Waals surface area contributed by atoms with Crippen LogP contribution in [0.15, 0.2) is 18.2 Å². The van der Waals surface area contributed by atoms with Crippen molar-refractivity contribution in [2.24, 2.45) is 0 Å². The summed E-state index contributed by atoms with van der Waals surface area (Å²) in [4.78, 5) is 22.5. The topological polar surface area (TPSA) is 118 Å². The molecule has 110 valence electrons. The standard InChI is InChI=1S/C11H14N2O6S/c1-12(5-6-20(2,18)19)10-7-8(11(14)15)3-4-9(10)13(16)17/h3-4,7H,5-6H2,1-2H3,(H,14,15). The molecule has 0 atom stereocenters. The molecule has 0 aromatic heterocycles. The Morgan fingerprint density at radius 2 is 2.05 bits per heavy atom. The molecule has 8 nitrogen and oxygen atoms in total. The second-order valence-corrected chi connectivity index (χ2v) is 6.58. The third-order valence-corrected chi connectivity index (χ3v) is 3.55. The Labute approximate surface area is 115 Å². The first-order valence-corrected chi connectivity index (χ1v) is 7.58. The third-order valence-electron chi connectivity index (χ3n) is 2.63. The Hall–Kier alpha value is -2.16. The molecule has 0 saturated heterocycles. The largest absolute Gasteiger partial charge is 0.478 e. The van der Waals surface area contributed by atoms with Crippen LogP contribution in [0.2, 0.25) is 0 Å². The lowest BCUT2D eigenvalue weighted by Gasteiger charge is -2.19. The maximum absolute atomic E-state index is 11.1. The van der Waals surface area contributed by atoms with Crippen LogP contribution in [0.1, 0.15) is 10.4 Å². The van der Waals surface area contributed by atoms with E-state index in [0.29, 0.717) is 0 Å². The van der Waals surface area contributed by atoms with E-state index in [-0.39, 0.29) is 29.2 Å². The number of carbonyl (C=O) groups is 1. The lowest BCUT2D eigenvalue weighted by atomic mass is 10.1. The summed E-state index contributed by atoms with van der Waals surface area (Å²) < 4.78 is 22.2. The monoisotopic (exact) mass is 302 g/mol. The van der Waals surface area contributed by atoms with Crippen molar-refractivity contribution < 1.29 is 23.2 Å². The van der Waals surface area contributed by atoms with Crippen molar-refractivity contribution in [2.45, 2.75) is 0 Å². The van der Waals surface area contributed by atoms with Crippen LogP contribution in [-0.4, -0.2) is 50.0 Å². The van der Waals surface area contributed by atoms with Crippen molar-refractivity contribution in [1.82, 2.24) is 0 Å². The van der Waals surface area contributed by atoms with Crippen LogP contribution in [-0.2, 0) is 9.84 Å². The molecule has 0 heterocycles. The van der Waals surface area contributed by atoms with Crippen molar-refractivity contribution >= 4 is 27.2 Å². The number of benzene rings is 1. The van der Waals surface area contributed by atoms with E-state index in [0.717, 1.165) is 24.5 Å². The maximum Gasteiger partial charge on any atom is 0.335 e. The second-order valence-electron chi connectivity index (χ2n) is 4.32. The molecule has 20 heavy (non-hydrogen) atoms. The van der Waals surface area contributed by atoms with Gasteiger partial charge in [0.1, 0.15) is 15.5 Å². The number of aromatic carboxylic acids is 1. The molecule has 9 heteroatoms. The summed E-state index contributed by atoms with van der Waals surface area (Å²) in [6, 6.07) is 3.38. The molecule has 0 unspecified atom stereocenters. The highest BCUT2D eigenvalue weighted by Crippen LogP contribution is 2.28. The van der Waals surface area contributed by atoms with Gasteiger partial charge >= 0.3 is 5.97 Å². The van der Waals surface area contributed by atoms with Crippen LogP contribution in [0.25, 0.3) is 0 Å². The summed E-state index contributed by atoms with van der Waals surface area (Å²) in [6.07, 6.45) is 1.06. The number of nitro benzene ring substituents is 1. The van der Waals surface area contributed by atoms with Crippen LogP contribution < -0.4 is 4.90 Å². The lowest BCUT2D eigenvalue weighted by molar-refractivity contribution is -0.384. The van der Waals surface area contributed by atoms with Gasteiger partial charge in [-0.3, -0.25) is 10.1 Å². The number of carboxylic acid groups (broad SMARTS) is 1. The number of hydrogen-bond acceptors (Lipinski definition) is 6. The maximum atomic E-state index is 11.1. The van der Waals surface area contributed by atoms with Gasteiger partial charge in [0.25, 0.3) is 5.69 Å². The quantitative estimate of drug-likeness (QED) is 0.609. The first-order valence-electron chi connectivity index (χ1n) is 5.52. The van der Waals surface area contributed by atoms with Crippen molar-refractivity contribution in [3.8, 4) is 0 Å². The van der Waals surface area contributed by atoms with Gasteiger partial charge in [-0.15, -0.1) is 0 Å². The Balaban J connectivity index is 3.15. The SMILES string of the molecule is CN(CCS(C)(=O)=O)c1cc(C(=O)O)ccc1[N+](=O)[O-]. The average Bonchev–Trinajstić information content (AvgIpc) is 2.34. The molecule has 1 rings (SSSR count). The summed E-state index contributed by atoms with van der Waals surface area (Å²) >= 11 is 0. The highest BCUT2D eigenvalue weighted by atomic mass is 32.2. The number of nitro groups is 1. The molecule has 0 aliphatic carbocycles. The Kier molecular flexibility index (Phi) is 4.66. The van der Waals surface area contributed by atoms with Crippen LogP contribution in [0, 0.1) is 10.1 Å². The Morgan fingerprint density at radius 1 is 1.45 bits per heavy atom. The van der Waals surface area contributed by atoms with E-state index in [2.05, 4.69) is 0 Å². The predicted octanol–water partition coefficient (Wildman–Crippen LogP) is 0.774. The molecule has 0 amide bonds. The fourth-order valence-corrected chi connectivity index (χ4v) is 2.15. The molecule has 0 aliphatic rings. The zero-order valence-electron chi connectivity index (χ0n) is 10.9. The molecule has 0 saturated carbocycles. The van der Waals surface area contributed by atoms with Crippen molar-refractivity contribution in [3.63, 3.8) is 0 Å². The van der Waals surface area contributed by atoms with Gasteiger partial charge in [0.15, 0.2) is 0 Å². The molecular formula is C11H14N2O6S. The van der Waals surface area contributed by atoms with Crippen LogP contribution in [0.5, 0.6) is 0 Å². The molecule has 0 fully saturated rings. The fraction of sp³-hybridized carbons (Fsp3) is 0.364. The number of carboxylic acids is 1. The van der Waals surface area contributed by atoms with Crippen LogP contribution >= 0.6 is 0 Å². The van der Waals surface area contributed by atoms with E-state index in [1.807, 2.05) is 0 Å². The van der Waals surface area contributed by atoms with Crippen molar-refractivity contribution in [2.75, 3.05) is 30.5 Å². The van der Waals surface area contributed by atoms with Gasteiger partial charge in [-0.2, -0.15) is 0 Å². The lowest BCUT2D eigenvalue weighted by Crippen LogP contribution is -2.25. The van der Waals surface area contributed by atoms with Gasteiger partial charge in [-0.05, 0) is 12.1 Å². The smallest absolute Gasteiger partial charge is 0.335 e.